The van der Waals surface area contributed by atoms with E-state index in [0.29, 0.717) is 0 Å². The van der Waals surface area contributed by atoms with Gasteiger partial charge in [0.2, 0.25) is 0 Å². The van der Waals surface area contributed by atoms with Gasteiger partial charge in [0.25, 0.3) is 6.43 Å². The number of aromatic nitrogens is 2. The maximum absolute atomic E-state index is 11.8. The van der Waals surface area contributed by atoms with E-state index in [4.69, 9.17) is 5.73 Å². The number of anilines is 1. The second-order valence-electron chi connectivity index (χ2n) is 3.13. The standard InChI is InChI=1S/C9H13F2N3O3/c1-16-9(15)7-8(12)14(5-13-7)2-3-17-4-6(10)11/h5-6H,2-4,12H2,1H3. The van der Waals surface area contributed by atoms with E-state index >= 15 is 0 Å². The van der Waals surface area contributed by atoms with Gasteiger partial charge in [0.15, 0.2) is 5.69 Å². The molecule has 0 aromatic carbocycles. The van der Waals surface area contributed by atoms with Crippen LogP contribution in [-0.4, -0.2) is 42.3 Å². The summed E-state index contributed by atoms with van der Waals surface area (Å²) in [6.07, 6.45) is -1.17. The number of carbonyl (C=O) groups excluding carboxylic acids is 1. The van der Waals surface area contributed by atoms with Gasteiger partial charge in [0.1, 0.15) is 12.4 Å². The average molecular weight is 249 g/mol. The number of esters is 1. The van der Waals surface area contributed by atoms with E-state index < -0.39 is 19.0 Å². The molecule has 2 N–H and O–H groups in total. The number of nitrogen functional groups attached to an aromatic ring is 1. The maximum Gasteiger partial charge on any atom is 0.360 e. The van der Waals surface area contributed by atoms with E-state index in [-0.39, 0.29) is 24.7 Å². The van der Waals surface area contributed by atoms with Gasteiger partial charge in [-0.2, -0.15) is 0 Å². The minimum atomic E-state index is -2.50. The molecule has 0 saturated heterocycles. The highest BCUT2D eigenvalue weighted by molar-refractivity contribution is 5.91. The Morgan fingerprint density at radius 3 is 2.94 bits per heavy atom. The van der Waals surface area contributed by atoms with Crippen molar-refractivity contribution in [3.05, 3.63) is 12.0 Å². The number of ether oxygens (including phenoxy) is 2. The lowest BCUT2D eigenvalue weighted by atomic mass is 10.4. The second kappa shape index (κ2) is 6.14. The average Bonchev–Trinajstić information content (AvgIpc) is 2.65. The Hall–Kier alpha value is -1.70. The topological polar surface area (TPSA) is 79.4 Å². The highest BCUT2D eigenvalue weighted by Gasteiger charge is 2.15. The second-order valence-corrected chi connectivity index (χ2v) is 3.13. The third-order valence-corrected chi connectivity index (χ3v) is 1.98. The van der Waals surface area contributed by atoms with E-state index in [1.54, 1.807) is 0 Å². The Morgan fingerprint density at radius 2 is 2.35 bits per heavy atom. The monoisotopic (exact) mass is 249 g/mol. The van der Waals surface area contributed by atoms with Gasteiger partial charge in [0, 0.05) is 6.54 Å². The zero-order valence-corrected chi connectivity index (χ0v) is 9.23. The Labute approximate surface area is 96.3 Å². The molecule has 1 rings (SSSR count). The minimum absolute atomic E-state index is 0.00126. The van der Waals surface area contributed by atoms with Gasteiger partial charge in [-0.05, 0) is 0 Å². The van der Waals surface area contributed by atoms with E-state index in [1.165, 1.54) is 18.0 Å². The van der Waals surface area contributed by atoms with Gasteiger partial charge < -0.3 is 19.8 Å². The molecule has 0 atom stereocenters. The largest absolute Gasteiger partial charge is 0.464 e. The van der Waals surface area contributed by atoms with Crippen LogP contribution < -0.4 is 5.73 Å². The van der Waals surface area contributed by atoms with Crippen molar-refractivity contribution in [3.63, 3.8) is 0 Å². The molecule has 1 aromatic heterocycles. The summed E-state index contributed by atoms with van der Waals surface area (Å²) in [6.45, 7) is -0.327. The van der Waals surface area contributed by atoms with Crippen molar-refractivity contribution in [1.82, 2.24) is 9.55 Å². The van der Waals surface area contributed by atoms with Crippen LogP contribution in [-0.2, 0) is 16.0 Å². The first kappa shape index (κ1) is 13.4. The first-order chi connectivity index (χ1) is 8.06. The SMILES string of the molecule is COC(=O)c1ncn(CCOCC(F)F)c1N. The molecule has 0 aliphatic rings. The molecule has 0 unspecified atom stereocenters. The van der Waals surface area contributed by atoms with Gasteiger partial charge in [-0.25, -0.2) is 18.6 Å². The molecule has 0 fully saturated rings. The van der Waals surface area contributed by atoms with Crippen LogP contribution in [0.25, 0.3) is 0 Å². The number of nitrogens with two attached hydrogens (primary N) is 1. The first-order valence-corrected chi connectivity index (χ1v) is 4.81. The molecule has 96 valence electrons. The zero-order valence-electron chi connectivity index (χ0n) is 9.23. The molecule has 1 aromatic rings. The van der Waals surface area contributed by atoms with Crippen molar-refractivity contribution in [3.8, 4) is 0 Å². The Morgan fingerprint density at radius 1 is 1.65 bits per heavy atom. The summed E-state index contributed by atoms with van der Waals surface area (Å²) in [5.74, 6) is -0.521. The third kappa shape index (κ3) is 3.66. The Balaban J connectivity index is 2.50. The van der Waals surface area contributed by atoms with E-state index in [0.717, 1.165) is 0 Å². The third-order valence-electron chi connectivity index (χ3n) is 1.98. The summed E-state index contributed by atoms with van der Waals surface area (Å²) in [7, 11) is 1.21. The summed E-state index contributed by atoms with van der Waals surface area (Å²) in [5, 5.41) is 0. The molecule has 0 amide bonds. The number of rotatable bonds is 6. The number of halogens is 2. The summed E-state index contributed by atoms with van der Waals surface area (Å²) < 4.78 is 34.1. The van der Waals surface area contributed by atoms with Gasteiger partial charge in [-0.15, -0.1) is 0 Å². The minimum Gasteiger partial charge on any atom is -0.464 e. The van der Waals surface area contributed by atoms with Crippen molar-refractivity contribution in [2.45, 2.75) is 13.0 Å². The van der Waals surface area contributed by atoms with Gasteiger partial charge in [0.05, 0.1) is 20.0 Å². The molecule has 0 spiro atoms. The Bertz CT molecular complexity index is 382. The zero-order chi connectivity index (χ0) is 12.8. The molecule has 0 saturated carbocycles. The van der Waals surface area contributed by atoms with Crippen LogP contribution in [0.2, 0.25) is 0 Å². The van der Waals surface area contributed by atoms with Crippen molar-refractivity contribution in [1.29, 1.82) is 0 Å². The first-order valence-electron chi connectivity index (χ1n) is 4.81. The van der Waals surface area contributed by atoms with Crippen molar-refractivity contribution in [2.75, 3.05) is 26.1 Å². The van der Waals surface area contributed by atoms with Crippen molar-refractivity contribution >= 4 is 11.8 Å². The summed E-state index contributed by atoms with van der Waals surface area (Å²) in [6, 6.07) is 0. The van der Waals surface area contributed by atoms with Gasteiger partial charge >= 0.3 is 5.97 Å². The number of nitrogens with zero attached hydrogens (tertiary/aromatic N) is 2. The van der Waals surface area contributed by atoms with Gasteiger partial charge in [-0.3, -0.25) is 0 Å². The molecule has 0 aliphatic carbocycles. The van der Waals surface area contributed by atoms with Crippen LogP contribution in [0, 0.1) is 0 Å². The van der Waals surface area contributed by atoms with Crippen LogP contribution in [0.15, 0.2) is 6.33 Å². The quantitative estimate of drug-likeness (QED) is 0.587. The molecular weight excluding hydrogens is 236 g/mol. The summed E-state index contributed by atoms with van der Waals surface area (Å²) in [5.41, 5.74) is 5.62. The van der Waals surface area contributed by atoms with Crippen LogP contribution in [0.4, 0.5) is 14.6 Å². The van der Waals surface area contributed by atoms with Crippen LogP contribution >= 0.6 is 0 Å². The number of carbonyl (C=O) groups is 1. The lowest BCUT2D eigenvalue weighted by Crippen LogP contribution is -2.13. The van der Waals surface area contributed by atoms with E-state index in [1.807, 2.05) is 0 Å². The Kier molecular flexibility index (Phi) is 4.83. The van der Waals surface area contributed by atoms with Gasteiger partial charge in [-0.1, -0.05) is 0 Å². The lowest BCUT2D eigenvalue weighted by Gasteiger charge is -2.06. The molecule has 17 heavy (non-hydrogen) atoms. The highest BCUT2D eigenvalue weighted by Crippen LogP contribution is 2.10. The van der Waals surface area contributed by atoms with E-state index in [2.05, 4.69) is 14.5 Å². The van der Waals surface area contributed by atoms with E-state index in [9.17, 15) is 13.6 Å². The van der Waals surface area contributed by atoms with Crippen LogP contribution in [0.3, 0.4) is 0 Å². The maximum atomic E-state index is 11.8. The lowest BCUT2D eigenvalue weighted by molar-refractivity contribution is 0.0149. The van der Waals surface area contributed by atoms with Crippen molar-refractivity contribution in [2.24, 2.45) is 0 Å². The fourth-order valence-corrected chi connectivity index (χ4v) is 1.16. The van der Waals surface area contributed by atoms with Crippen LogP contribution in [0.1, 0.15) is 10.5 Å². The highest BCUT2D eigenvalue weighted by atomic mass is 19.3. The smallest absolute Gasteiger partial charge is 0.360 e. The van der Waals surface area contributed by atoms with Crippen LogP contribution in [0.5, 0.6) is 0 Å². The number of methoxy groups -OCH3 is 1. The van der Waals surface area contributed by atoms with Crippen molar-refractivity contribution < 1.29 is 23.0 Å². The molecule has 1 heterocycles. The number of alkyl halides is 2. The molecule has 8 heteroatoms. The fraction of sp³-hybridized carbons (Fsp3) is 0.556. The normalized spacial score (nSPS) is 10.8. The predicted octanol–water partition coefficient (Wildman–Crippen LogP) is 0.534. The number of hydrogen-bond donors (Lipinski definition) is 1. The number of hydrogen-bond acceptors (Lipinski definition) is 5. The molecule has 0 bridgehead atoms. The number of imidazole rings is 1. The molecule has 0 radical (unpaired) electrons. The molecular formula is C9H13F2N3O3. The summed E-state index contributed by atoms with van der Waals surface area (Å²) in [4.78, 5) is 14.9. The fourth-order valence-electron chi connectivity index (χ4n) is 1.16. The summed E-state index contributed by atoms with van der Waals surface area (Å²) >= 11 is 0. The molecule has 6 nitrogen and oxygen atoms in total. The predicted molar refractivity (Wildman–Crippen MR) is 54.8 cm³/mol. The molecule has 0 aliphatic heterocycles.